The molecule has 0 atom stereocenters. The largest absolute Gasteiger partial charge is 0.340 e. The molecule has 0 aliphatic carbocycles. The number of nitrogens with zero attached hydrogens (tertiary/aromatic N) is 6. The van der Waals surface area contributed by atoms with E-state index in [0.717, 1.165) is 40.8 Å². The summed E-state index contributed by atoms with van der Waals surface area (Å²) in [5.41, 5.74) is 5.12. The number of fused-ring (bicyclic) bond motifs is 1. The number of hydrogen-bond acceptors (Lipinski definition) is 6. The van der Waals surface area contributed by atoms with Crippen LogP contribution in [0.4, 0.5) is 15.9 Å². The Morgan fingerprint density at radius 2 is 1.85 bits per heavy atom. The third-order valence-electron chi connectivity index (χ3n) is 5.52. The van der Waals surface area contributed by atoms with Crippen LogP contribution in [0.5, 0.6) is 0 Å². The van der Waals surface area contributed by atoms with Crippen LogP contribution in [0.25, 0.3) is 33.3 Å². The van der Waals surface area contributed by atoms with Crippen LogP contribution >= 0.6 is 0 Å². The fourth-order valence-corrected chi connectivity index (χ4v) is 3.72. The first-order valence-corrected chi connectivity index (χ1v) is 11.0. The number of likely N-dealkylation sites (N-methyl/N-ethyl adjacent to an activating group) is 1. The van der Waals surface area contributed by atoms with Gasteiger partial charge in [0.25, 0.3) is 0 Å². The van der Waals surface area contributed by atoms with Crippen molar-refractivity contribution in [2.24, 2.45) is 0 Å². The SMILES string of the molecule is CN(C)CCn1cc(-c2ccc3c(Nc4ccnc(-c5cccc(F)c5)c4)ncnc3c2)cn1. The highest BCUT2D eigenvalue weighted by Crippen LogP contribution is 2.29. The number of rotatable bonds is 7. The zero-order chi connectivity index (χ0) is 23.5. The molecule has 34 heavy (non-hydrogen) atoms. The Morgan fingerprint density at radius 1 is 0.941 bits per heavy atom. The molecule has 8 heteroatoms. The predicted molar refractivity (Wildman–Crippen MR) is 132 cm³/mol. The van der Waals surface area contributed by atoms with E-state index >= 15 is 0 Å². The Balaban J connectivity index is 1.41. The zero-order valence-corrected chi connectivity index (χ0v) is 19.0. The molecule has 0 amide bonds. The Bertz CT molecular complexity index is 1440. The van der Waals surface area contributed by atoms with Crippen molar-refractivity contribution in [1.82, 2.24) is 29.6 Å². The van der Waals surface area contributed by atoms with Gasteiger partial charge in [0.15, 0.2) is 0 Å². The summed E-state index contributed by atoms with van der Waals surface area (Å²) in [6.07, 6.45) is 7.17. The van der Waals surface area contributed by atoms with Gasteiger partial charge in [-0.2, -0.15) is 5.10 Å². The molecule has 5 aromatic rings. The third-order valence-corrected chi connectivity index (χ3v) is 5.52. The maximum absolute atomic E-state index is 13.6. The van der Waals surface area contributed by atoms with Crippen LogP contribution in [0, 0.1) is 5.82 Å². The van der Waals surface area contributed by atoms with Gasteiger partial charge < -0.3 is 10.2 Å². The normalized spacial score (nSPS) is 11.3. The van der Waals surface area contributed by atoms with E-state index in [1.54, 1.807) is 18.6 Å². The third kappa shape index (κ3) is 4.77. The molecule has 1 N–H and O–H groups in total. The lowest BCUT2D eigenvalue weighted by Gasteiger charge is -2.10. The van der Waals surface area contributed by atoms with Crippen molar-refractivity contribution in [2.45, 2.75) is 6.54 Å². The average molecular weight is 454 g/mol. The highest BCUT2D eigenvalue weighted by Gasteiger charge is 2.09. The van der Waals surface area contributed by atoms with E-state index in [1.165, 1.54) is 12.1 Å². The van der Waals surface area contributed by atoms with E-state index in [2.05, 4.69) is 42.5 Å². The molecule has 0 saturated carbocycles. The molecule has 3 aromatic heterocycles. The maximum atomic E-state index is 13.6. The lowest BCUT2D eigenvalue weighted by molar-refractivity contribution is 0.373. The van der Waals surface area contributed by atoms with Crippen LogP contribution < -0.4 is 5.32 Å². The summed E-state index contributed by atoms with van der Waals surface area (Å²) in [6.45, 7) is 1.76. The second-order valence-electron chi connectivity index (χ2n) is 8.31. The number of benzene rings is 2. The fourth-order valence-electron chi connectivity index (χ4n) is 3.72. The lowest BCUT2D eigenvalue weighted by Crippen LogP contribution is -2.18. The molecule has 0 aliphatic heterocycles. The summed E-state index contributed by atoms with van der Waals surface area (Å²) >= 11 is 0. The van der Waals surface area contributed by atoms with Gasteiger partial charge in [-0.25, -0.2) is 14.4 Å². The molecule has 170 valence electrons. The topological polar surface area (TPSA) is 71.8 Å². The number of halogens is 1. The zero-order valence-electron chi connectivity index (χ0n) is 19.0. The summed E-state index contributed by atoms with van der Waals surface area (Å²) < 4.78 is 15.6. The fraction of sp³-hybridized carbons (Fsp3) is 0.154. The first kappa shape index (κ1) is 21.7. The van der Waals surface area contributed by atoms with Crippen molar-refractivity contribution in [3.05, 3.63) is 85.3 Å². The standard InChI is InChI=1S/C26H24FN7/c1-33(2)10-11-34-16-20(15-31-34)18-6-7-23-25(13-18)29-17-30-26(23)32-22-8-9-28-24(14-22)19-4-3-5-21(27)12-19/h3-9,12-17H,10-11H2,1-2H3,(H,28,29,30,32). The lowest BCUT2D eigenvalue weighted by atomic mass is 10.1. The second kappa shape index (κ2) is 9.36. The maximum Gasteiger partial charge on any atom is 0.141 e. The van der Waals surface area contributed by atoms with Crippen LogP contribution in [0.1, 0.15) is 0 Å². The van der Waals surface area contributed by atoms with Crippen molar-refractivity contribution in [2.75, 3.05) is 26.0 Å². The van der Waals surface area contributed by atoms with E-state index < -0.39 is 0 Å². The van der Waals surface area contributed by atoms with E-state index in [4.69, 9.17) is 0 Å². The summed E-state index contributed by atoms with van der Waals surface area (Å²) in [5, 5.41) is 8.73. The minimum Gasteiger partial charge on any atom is -0.340 e. The second-order valence-corrected chi connectivity index (χ2v) is 8.31. The van der Waals surface area contributed by atoms with E-state index in [9.17, 15) is 4.39 Å². The minimum atomic E-state index is -0.293. The number of pyridine rings is 1. The first-order valence-electron chi connectivity index (χ1n) is 11.0. The molecule has 5 rings (SSSR count). The van der Waals surface area contributed by atoms with Gasteiger partial charge in [0.05, 0.1) is 24.0 Å². The molecule has 0 spiro atoms. The van der Waals surface area contributed by atoms with Crippen molar-refractivity contribution in [3.63, 3.8) is 0 Å². The first-order chi connectivity index (χ1) is 16.5. The Morgan fingerprint density at radius 3 is 2.71 bits per heavy atom. The Labute approximate surface area is 196 Å². The smallest absolute Gasteiger partial charge is 0.141 e. The van der Waals surface area contributed by atoms with Gasteiger partial charge in [0.2, 0.25) is 0 Å². The van der Waals surface area contributed by atoms with Gasteiger partial charge in [-0.1, -0.05) is 18.2 Å². The molecular formula is C26H24FN7. The quantitative estimate of drug-likeness (QED) is 0.374. The van der Waals surface area contributed by atoms with Crippen LogP contribution in [-0.2, 0) is 6.54 Å². The highest BCUT2D eigenvalue weighted by atomic mass is 19.1. The van der Waals surface area contributed by atoms with Crippen molar-refractivity contribution >= 4 is 22.4 Å². The van der Waals surface area contributed by atoms with Gasteiger partial charge in [0.1, 0.15) is 18.0 Å². The minimum absolute atomic E-state index is 0.293. The van der Waals surface area contributed by atoms with Crippen LogP contribution in [0.15, 0.2) is 79.5 Å². The van der Waals surface area contributed by atoms with Gasteiger partial charge in [-0.05, 0) is 56.1 Å². The van der Waals surface area contributed by atoms with E-state index in [-0.39, 0.29) is 5.82 Å². The number of anilines is 2. The van der Waals surface area contributed by atoms with Crippen LogP contribution in [0.3, 0.4) is 0 Å². The molecule has 0 unspecified atom stereocenters. The van der Waals surface area contributed by atoms with Gasteiger partial charge >= 0.3 is 0 Å². The molecule has 7 nitrogen and oxygen atoms in total. The van der Waals surface area contributed by atoms with Gasteiger partial charge in [-0.15, -0.1) is 0 Å². The number of nitrogens with one attached hydrogen (secondary N) is 1. The number of aromatic nitrogens is 5. The Kier molecular flexibility index (Phi) is 5.97. The molecule has 0 fully saturated rings. The predicted octanol–water partition coefficient (Wildman–Crippen LogP) is 5.00. The molecule has 0 saturated heterocycles. The van der Waals surface area contributed by atoms with Crippen molar-refractivity contribution in [3.8, 4) is 22.4 Å². The highest BCUT2D eigenvalue weighted by molar-refractivity contribution is 5.93. The summed E-state index contributed by atoms with van der Waals surface area (Å²) in [6, 6.07) is 16.2. The molecule has 0 aliphatic rings. The number of hydrogen-bond donors (Lipinski definition) is 1. The van der Waals surface area contributed by atoms with Crippen molar-refractivity contribution in [1.29, 1.82) is 0 Å². The van der Waals surface area contributed by atoms with Gasteiger partial charge in [-0.3, -0.25) is 9.67 Å². The molecule has 0 radical (unpaired) electrons. The monoisotopic (exact) mass is 453 g/mol. The van der Waals surface area contributed by atoms with Gasteiger partial charge in [0, 0.05) is 41.1 Å². The molecular weight excluding hydrogens is 429 g/mol. The van der Waals surface area contributed by atoms with Crippen LogP contribution in [-0.4, -0.2) is 50.3 Å². The summed E-state index contributed by atoms with van der Waals surface area (Å²) in [4.78, 5) is 15.4. The Hall–Kier alpha value is -4.17. The molecule has 2 aromatic carbocycles. The average Bonchev–Trinajstić information content (AvgIpc) is 3.32. The van der Waals surface area contributed by atoms with Crippen molar-refractivity contribution < 1.29 is 4.39 Å². The van der Waals surface area contributed by atoms with E-state index in [1.807, 2.05) is 55.3 Å². The van der Waals surface area contributed by atoms with Crippen LogP contribution in [0.2, 0.25) is 0 Å². The molecule has 0 bridgehead atoms. The van der Waals surface area contributed by atoms with E-state index in [0.29, 0.717) is 17.1 Å². The molecule has 3 heterocycles. The summed E-state index contributed by atoms with van der Waals surface area (Å²) in [5.74, 6) is 0.396. The summed E-state index contributed by atoms with van der Waals surface area (Å²) in [7, 11) is 4.10.